The van der Waals surface area contributed by atoms with Gasteiger partial charge in [-0.1, -0.05) is 6.07 Å². The van der Waals surface area contributed by atoms with Gasteiger partial charge in [0.2, 0.25) is 0 Å². The molecule has 0 aliphatic carbocycles. The van der Waals surface area contributed by atoms with Crippen LogP contribution in [0.5, 0.6) is 0 Å². The van der Waals surface area contributed by atoms with E-state index >= 15 is 0 Å². The predicted octanol–water partition coefficient (Wildman–Crippen LogP) is 1.60. The van der Waals surface area contributed by atoms with Crippen molar-refractivity contribution in [2.24, 2.45) is 0 Å². The number of aliphatic hydroxyl groups excluding tert-OH is 1. The van der Waals surface area contributed by atoms with Crippen LogP contribution in [-0.4, -0.2) is 33.7 Å². The molecule has 1 saturated heterocycles. The molecule has 1 N–H and O–H groups in total. The van der Waals surface area contributed by atoms with Gasteiger partial charge in [0, 0.05) is 18.8 Å². The lowest BCUT2D eigenvalue weighted by Gasteiger charge is -2.29. The minimum absolute atomic E-state index is 0.0752. The highest BCUT2D eigenvalue weighted by atomic mass is 16.3. The molecule has 0 radical (unpaired) electrons. The number of pyridine rings is 1. The van der Waals surface area contributed by atoms with Gasteiger partial charge in [0.25, 0.3) is 0 Å². The molecule has 3 nitrogen and oxygen atoms in total. The first-order chi connectivity index (χ1) is 7.20. The van der Waals surface area contributed by atoms with E-state index in [0.29, 0.717) is 6.04 Å². The summed E-state index contributed by atoms with van der Waals surface area (Å²) < 4.78 is 0. The Hall–Kier alpha value is -0.930. The van der Waals surface area contributed by atoms with Gasteiger partial charge in [-0.15, -0.1) is 0 Å². The summed E-state index contributed by atoms with van der Waals surface area (Å²) in [6, 6.07) is 6.41. The minimum atomic E-state index is -0.276. The van der Waals surface area contributed by atoms with Gasteiger partial charge >= 0.3 is 0 Å². The fraction of sp³-hybridized carbons (Fsp3) is 0.583. The lowest BCUT2D eigenvalue weighted by Crippen LogP contribution is -2.33. The third-order valence-electron chi connectivity index (χ3n) is 3.06. The molecule has 82 valence electrons. The SMILES string of the molecule is CC(C)N1CCC(O)C1c1ccccn1. The Morgan fingerprint density at radius 1 is 1.47 bits per heavy atom. The lowest BCUT2D eigenvalue weighted by molar-refractivity contribution is 0.0981. The van der Waals surface area contributed by atoms with E-state index in [-0.39, 0.29) is 12.1 Å². The van der Waals surface area contributed by atoms with Crippen molar-refractivity contribution in [3.8, 4) is 0 Å². The van der Waals surface area contributed by atoms with E-state index in [1.54, 1.807) is 6.20 Å². The number of rotatable bonds is 2. The Morgan fingerprint density at radius 2 is 2.27 bits per heavy atom. The number of aromatic nitrogens is 1. The van der Waals surface area contributed by atoms with Gasteiger partial charge in [-0.2, -0.15) is 0 Å². The summed E-state index contributed by atoms with van der Waals surface area (Å²) in [6.45, 7) is 5.28. The smallest absolute Gasteiger partial charge is 0.0786 e. The molecule has 1 aromatic heterocycles. The maximum absolute atomic E-state index is 9.98. The largest absolute Gasteiger partial charge is 0.391 e. The van der Waals surface area contributed by atoms with E-state index in [1.165, 1.54) is 0 Å². The molecular formula is C12H18N2O. The normalized spacial score (nSPS) is 27.5. The summed E-state index contributed by atoms with van der Waals surface area (Å²) in [5.74, 6) is 0. The molecule has 15 heavy (non-hydrogen) atoms. The van der Waals surface area contributed by atoms with Crippen molar-refractivity contribution in [2.45, 2.75) is 38.5 Å². The van der Waals surface area contributed by atoms with E-state index < -0.39 is 0 Å². The highest BCUT2D eigenvalue weighted by molar-refractivity contribution is 5.13. The summed E-state index contributed by atoms with van der Waals surface area (Å²) in [4.78, 5) is 6.65. The minimum Gasteiger partial charge on any atom is -0.391 e. The summed E-state index contributed by atoms with van der Waals surface area (Å²) in [6.07, 6.45) is 2.36. The molecule has 1 fully saturated rings. The summed E-state index contributed by atoms with van der Waals surface area (Å²) in [5.41, 5.74) is 0.983. The molecule has 1 aliphatic rings. The van der Waals surface area contributed by atoms with Crippen molar-refractivity contribution >= 4 is 0 Å². The molecule has 1 aliphatic heterocycles. The first kappa shape index (κ1) is 10.6. The first-order valence-electron chi connectivity index (χ1n) is 5.55. The van der Waals surface area contributed by atoms with Crippen LogP contribution in [0.3, 0.4) is 0 Å². The Balaban J connectivity index is 2.25. The zero-order chi connectivity index (χ0) is 10.8. The standard InChI is InChI=1S/C12H18N2O/c1-9(2)14-8-6-11(15)12(14)10-5-3-4-7-13-10/h3-5,7,9,11-12,15H,6,8H2,1-2H3. The molecule has 0 spiro atoms. The molecule has 0 amide bonds. The maximum atomic E-state index is 9.98. The van der Waals surface area contributed by atoms with E-state index in [9.17, 15) is 5.11 Å². The summed E-state index contributed by atoms with van der Waals surface area (Å²) >= 11 is 0. The van der Waals surface area contributed by atoms with Gasteiger partial charge < -0.3 is 5.11 Å². The van der Waals surface area contributed by atoms with Crippen molar-refractivity contribution in [2.75, 3.05) is 6.54 Å². The number of nitrogens with zero attached hydrogens (tertiary/aromatic N) is 2. The fourth-order valence-electron chi connectivity index (χ4n) is 2.30. The van der Waals surface area contributed by atoms with Gasteiger partial charge in [-0.05, 0) is 32.4 Å². The monoisotopic (exact) mass is 206 g/mol. The average molecular weight is 206 g/mol. The van der Waals surface area contributed by atoms with Crippen molar-refractivity contribution in [3.05, 3.63) is 30.1 Å². The molecular weight excluding hydrogens is 188 g/mol. The highest BCUT2D eigenvalue weighted by Crippen LogP contribution is 2.32. The van der Waals surface area contributed by atoms with Crippen molar-refractivity contribution in [1.29, 1.82) is 0 Å². The number of hydrogen-bond donors (Lipinski definition) is 1. The van der Waals surface area contributed by atoms with E-state index in [4.69, 9.17) is 0 Å². The Morgan fingerprint density at radius 3 is 2.87 bits per heavy atom. The van der Waals surface area contributed by atoms with Crippen LogP contribution in [0.15, 0.2) is 24.4 Å². The molecule has 1 aromatic rings. The molecule has 0 aromatic carbocycles. The maximum Gasteiger partial charge on any atom is 0.0786 e. The number of hydrogen-bond acceptors (Lipinski definition) is 3. The highest BCUT2D eigenvalue weighted by Gasteiger charge is 2.35. The van der Waals surface area contributed by atoms with Crippen LogP contribution in [0.2, 0.25) is 0 Å². The van der Waals surface area contributed by atoms with E-state index in [1.807, 2.05) is 18.2 Å². The quantitative estimate of drug-likeness (QED) is 0.798. The van der Waals surface area contributed by atoms with Crippen LogP contribution >= 0.6 is 0 Å². The van der Waals surface area contributed by atoms with Crippen LogP contribution in [0.1, 0.15) is 32.0 Å². The van der Waals surface area contributed by atoms with Crippen LogP contribution in [0.4, 0.5) is 0 Å². The molecule has 2 unspecified atom stereocenters. The Kier molecular flexibility index (Phi) is 3.03. The van der Waals surface area contributed by atoms with E-state index in [2.05, 4.69) is 23.7 Å². The molecule has 0 saturated carbocycles. The topological polar surface area (TPSA) is 36.4 Å². The molecule has 0 bridgehead atoms. The van der Waals surface area contributed by atoms with Crippen molar-refractivity contribution in [3.63, 3.8) is 0 Å². The molecule has 2 atom stereocenters. The summed E-state index contributed by atoms with van der Waals surface area (Å²) in [7, 11) is 0. The average Bonchev–Trinajstić information content (AvgIpc) is 2.61. The number of aliphatic hydroxyl groups is 1. The van der Waals surface area contributed by atoms with E-state index in [0.717, 1.165) is 18.7 Å². The van der Waals surface area contributed by atoms with Crippen LogP contribution < -0.4 is 0 Å². The van der Waals surface area contributed by atoms with Gasteiger partial charge in [0.15, 0.2) is 0 Å². The Bertz CT molecular complexity index is 313. The fourth-order valence-corrected chi connectivity index (χ4v) is 2.30. The number of likely N-dealkylation sites (tertiary alicyclic amines) is 1. The second-order valence-electron chi connectivity index (χ2n) is 4.39. The molecule has 2 rings (SSSR count). The molecule has 3 heteroatoms. The van der Waals surface area contributed by atoms with Crippen LogP contribution in [0, 0.1) is 0 Å². The zero-order valence-corrected chi connectivity index (χ0v) is 9.30. The van der Waals surface area contributed by atoms with Crippen molar-refractivity contribution < 1.29 is 5.11 Å². The zero-order valence-electron chi connectivity index (χ0n) is 9.30. The first-order valence-corrected chi connectivity index (χ1v) is 5.55. The van der Waals surface area contributed by atoms with Gasteiger partial charge in [-0.25, -0.2) is 0 Å². The predicted molar refractivity (Wildman–Crippen MR) is 59.4 cm³/mol. The summed E-state index contributed by atoms with van der Waals surface area (Å²) in [5, 5.41) is 9.98. The second kappa shape index (κ2) is 4.29. The van der Waals surface area contributed by atoms with Gasteiger partial charge in [-0.3, -0.25) is 9.88 Å². The third-order valence-corrected chi connectivity index (χ3v) is 3.06. The second-order valence-corrected chi connectivity index (χ2v) is 4.39. The Labute approximate surface area is 90.8 Å². The third kappa shape index (κ3) is 2.03. The van der Waals surface area contributed by atoms with Crippen molar-refractivity contribution in [1.82, 2.24) is 9.88 Å². The van der Waals surface area contributed by atoms with Crippen LogP contribution in [0.25, 0.3) is 0 Å². The van der Waals surface area contributed by atoms with Crippen LogP contribution in [-0.2, 0) is 0 Å². The lowest BCUT2D eigenvalue weighted by atomic mass is 10.1. The molecule has 2 heterocycles. The van der Waals surface area contributed by atoms with Gasteiger partial charge in [0.05, 0.1) is 17.8 Å². The van der Waals surface area contributed by atoms with Gasteiger partial charge in [0.1, 0.15) is 0 Å².